The van der Waals surface area contributed by atoms with Gasteiger partial charge in [0, 0.05) is 19.4 Å². The fourth-order valence-corrected chi connectivity index (χ4v) is 3.71. The van der Waals surface area contributed by atoms with Crippen LogP contribution in [0.25, 0.3) is 0 Å². The van der Waals surface area contributed by atoms with Crippen molar-refractivity contribution in [3.8, 4) is 0 Å². The highest BCUT2D eigenvalue weighted by Crippen LogP contribution is 2.35. The van der Waals surface area contributed by atoms with Crippen molar-refractivity contribution in [3.05, 3.63) is 0 Å². The summed E-state index contributed by atoms with van der Waals surface area (Å²) in [6.45, 7) is 3.04. The average Bonchev–Trinajstić information content (AvgIpc) is 2.38. The molecule has 1 rings (SSSR count). The molecule has 0 aromatic carbocycles. The third-order valence-electron chi connectivity index (χ3n) is 4.16. The number of hydrogen-bond acceptors (Lipinski definition) is 4. The van der Waals surface area contributed by atoms with E-state index in [1.165, 1.54) is 25.5 Å². The molecule has 0 heterocycles. The Morgan fingerprint density at radius 2 is 1.89 bits per heavy atom. The Morgan fingerprint density at radius 3 is 2.37 bits per heavy atom. The zero-order valence-corrected chi connectivity index (χ0v) is 13.4. The van der Waals surface area contributed by atoms with Crippen LogP contribution in [0, 0.1) is 0 Å². The molecule has 0 saturated heterocycles. The summed E-state index contributed by atoms with van der Waals surface area (Å²) in [6, 6.07) is 0.146. The van der Waals surface area contributed by atoms with E-state index in [9.17, 15) is 8.42 Å². The van der Waals surface area contributed by atoms with Crippen LogP contribution in [0.2, 0.25) is 0 Å². The first-order valence-electron chi connectivity index (χ1n) is 7.40. The summed E-state index contributed by atoms with van der Waals surface area (Å²) < 4.78 is 28.7. The van der Waals surface area contributed by atoms with E-state index in [1.807, 2.05) is 0 Å². The van der Waals surface area contributed by atoms with E-state index in [-0.39, 0.29) is 17.4 Å². The van der Waals surface area contributed by atoms with Gasteiger partial charge in [-0.15, -0.1) is 0 Å². The fraction of sp³-hybridized carbons (Fsp3) is 1.00. The maximum atomic E-state index is 11.4. The van der Waals surface area contributed by atoms with Crippen molar-refractivity contribution in [2.24, 2.45) is 0 Å². The predicted octanol–water partition coefficient (Wildman–Crippen LogP) is 2.14. The Kier molecular flexibility index (Phi) is 6.77. The SMILES string of the molecule is CCCNC(CCS(C)(=O)=O)C1(OC)CCCCC1. The van der Waals surface area contributed by atoms with Gasteiger partial charge in [0.2, 0.25) is 0 Å². The van der Waals surface area contributed by atoms with Gasteiger partial charge in [-0.25, -0.2) is 8.42 Å². The number of nitrogens with one attached hydrogen (secondary N) is 1. The summed E-state index contributed by atoms with van der Waals surface area (Å²) in [7, 11) is -1.14. The third kappa shape index (κ3) is 5.40. The van der Waals surface area contributed by atoms with Crippen molar-refractivity contribution in [3.63, 3.8) is 0 Å². The molecule has 0 bridgehead atoms. The average molecular weight is 291 g/mol. The second-order valence-corrected chi connectivity index (χ2v) is 8.01. The summed E-state index contributed by atoms with van der Waals surface area (Å²) in [5, 5.41) is 3.51. The number of rotatable bonds is 8. The van der Waals surface area contributed by atoms with Gasteiger partial charge in [0.25, 0.3) is 0 Å². The number of methoxy groups -OCH3 is 1. The Hall–Kier alpha value is -0.130. The van der Waals surface area contributed by atoms with Gasteiger partial charge in [0.1, 0.15) is 9.84 Å². The Morgan fingerprint density at radius 1 is 1.26 bits per heavy atom. The molecular formula is C14H29NO3S. The molecule has 1 N–H and O–H groups in total. The second kappa shape index (κ2) is 7.60. The molecule has 0 spiro atoms. The van der Waals surface area contributed by atoms with E-state index >= 15 is 0 Å². The molecule has 0 aromatic rings. The summed E-state index contributed by atoms with van der Waals surface area (Å²) >= 11 is 0. The lowest BCUT2D eigenvalue weighted by molar-refractivity contribution is -0.0679. The lowest BCUT2D eigenvalue weighted by atomic mass is 9.78. The molecule has 1 fully saturated rings. The smallest absolute Gasteiger partial charge is 0.147 e. The molecule has 4 nitrogen and oxygen atoms in total. The number of ether oxygens (including phenoxy) is 1. The Labute approximate surface area is 118 Å². The lowest BCUT2D eigenvalue weighted by Crippen LogP contribution is -2.54. The van der Waals surface area contributed by atoms with Crippen LogP contribution in [0.15, 0.2) is 0 Å². The quantitative estimate of drug-likeness (QED) is 0.744. The molecule has 1 unspecified atom stereocenters. The first-order valence-corrected chi connectivity index (χ1v) is 9.46. The molecular weight excluding hydrogens is 262 g/mol. The van der Waals surface area contributed by atoms with Crippen LogP contribution in [0.4, 0.5) is 0 Å². The van der Waals surface area contributed by atoms with Crippen LogP contribution in [-0.4, -0.2) is 45.7 Å². The van der Waals surface area contributed by atoms with Crippen molar-refractivity contribution in [1.82, 2.24) is 5.32 Å². The molecule has 1 aliphatic rings. The molecule has 1 saturated carbocycles. The Bertz CT molecular complexity index is 348. The zero-order valence-electron chi connectivity index (χ0n) is 12.6. The minimum Gasteiger partial charge on any atom is -0.377 e. The van der Waals surface area contributed by atoms with Gasteiger partial charge in [-0.2, -0.15) is 0 Å². The minimum absolute atomic E-state index is 0.146. The summed E-state index contributed by atoms with van der Waals surface area (Å²) in [5.74, 6) is 0.236. The normalized spacial score (nSPS) is 21.2. The van der Waals surface area contributed by atoms with Crippen LogP contribution >= 0.6 is 0 Å². The van der Waals surface area contributed by atoms with Gasteiger partial charge in [-0.1, -0.05) is 26.2 Å². The lowest BCUT2D eigenvalue weighted by Gasteiger charge is -2.43. The van der Waals surface area contributed by atoms with E-state index in [0.717, 1.165) is 25.8 Å². The maximum absolute atomic E-state index is 11.4. The van der Waals surface area contributed by atoms with Crippen molar-refractivity contribution >= 4 is 9.84 Å². The monoisotopic (exact) mass is 291 g/mol. The summed E-state index contributed by atoms with van der Waals surface area (Å²) in [6.07, 6.45) is 8.70. The van der Waals surface area contributed by atoms with Crippen LogP contribution in [0.5, 0.6) is 0 Å². The van der Waals surface area contributed by atoms with Crippen LogP contribution < -0.4 is 5.32 Å². The zero-order chi connectivity index (χ0) is 14.4. The standard InChI is InChI=1S/C14H29NO3S/c1-4-11-15-13(8-12-19(3,16)17)14(18-2)9-6-5-7-10-14/h13,15H,4-12H2,1-3H3. The molecule has 0 aromatic heterocycles. The van der Waals surface area contributed by atoms with Crippen molar-refractivity contribution in [1.29, 1.82) is 0 Å². The molecule has 0 amide bonds. The number of sulfone groups is 1. The molecule has 5 heteroatoms. The van der Waals surface area contributed by atoms with Gasteiger partial charge in [0.15, 0.2) is 0 Å². The van der Waals surface area contributed by atoms with E-state index < -0.39 is 9.84 Å². The number of hydrogen-bond donors (Lipinski definition) is 1. The van der Waals surface area contributed by atoms with Crippen LogP contribution in [0.3, 0.4) is 0 Å². The van der Waals surface area contributed by atoms with Crippen molar-refractivity contribution in [2.75, 3.05) is 25.7 Å². The van der Waals surface area contributed by atoms with E-state index in [1.54, 1.807) is 7.11 Å². The van der Waals surface area contributed by atoms with E-state index in [0.29, 0.717) is 6.42 Å². The Balaban J connectivity index is 2.74. The molecule has 114 valence electrons. The first-order chi connectivity index (χ1) is 8.93. The highest BCUT2D eigenvalue weighted by molar-refractivity contribution is 7.90. The predicted molar refractivity (Wildman–Crippen MR) is 79.2 cm³/mol. The van der Waals surface area contributed by atoms with E-state index in [2.05, 4.69) is 12.2 Å². The maximum Gasteiger partial charge on any atom is 0.147 e. The van der Waals surface area contributed by atoms with Gasteiger partial charge in [0.05, 0.1) is 11.4 Å². The van der Waals surface area contributed by atoms with Crippen molar-refractivity contribution < 1.29 is 13.2 Å². The van der Waals surface area contributed by atoms with Crippen molar-refractivity contribution in [2.45, 2.75) is 63.5 Å². The van der Waals surface area contributed by atoms with Gasteiger partial charge < -0.3 is 10.1 Å². The summed E-state index contributed by atoms with van der Waals surface area (Å²) in [4.78, 5) is 0. The fourth-order valence-electron chi connectivity index (χ4n) is 3.05. The van der Waals surface area contributed by atoms with Crippen LogP contribution in [0.1, 0.15) is 51.9 Å². The third-order valence-corrected chi connectivity index (χ3v) is 5.14. The minimum atomic E-state index is -2.91. The topological polar surface area (TPSA) is 55.4 Å². The highest BCUT2D eigenvalue weighted by atomic mass is 32.2. The molecule has 1 aliphatic carbocycles. The summed E-state index contributed by atoms with van der Waals surface area (Å²) in [5.41, 5.74) is -0.169. The van der Waals surface area contributed by atoms with E-state index in [4.69, 9.17) is 4.74 Å². The van der Waals surface area contributed by atoms with Gasteiger partial charge in [-0.05, 0) is 32.2 Å². The van der Waals surface area contributed by atoms with Gasteiger partial charge >= 0.3 is 0 Å². The highest BCUT2D eigenvalue weighted by Gasteiger charge is 2.39. The second-order valence-electron chi connectivity index (χ2n) is 5.75. The molecule has 0 radical (unpaired) electrons. The first kappa shape index (κ1) is 16.9. The van der Waals surface area contributed by atoms with Gasteiger partial charge in [-0.3, -0.25) is 0 Å². The largest absolute Gasteiger partial charge is 0.377 e. The molecule has 19 heavy (non-hydrogen) atoms. The molecule has 1 atom stereocenters. The van der Waals surface area contributed by atoms with Crippen LogP contribution in [-0.2, 0) is 14.6 Å². The molecule has 0 aliphatic heterocycles.